The van der Waals surface area contributed by atoms with Gasteiger partial charge in [0, 0.05) is 23.1 Å². The highest BCUT2D eigenvalue weighted by Crippen LogP contribution is 2.42. The highest BCUT2D eigenvalue weighted by molar-refractivity contribution is 8.00. The molecule has 1 aromatic heterocycles. The Morgan fingerprint density at radius 2 is 1.67 bits per heavy atom. The van der Waals surface area contributed by atoms with Crippen LogP contribution in [0.1, 0.15) is 39.7 Å². The molecule has 1 unspecified atom stereocenters. The summed E-state index contributed by atoms with van der Waals surface area (Å²) in [5.74, 6) is 1.97. The fraction of sp³-hybridized carbons (Fsp3) is 0.242. The molecular weight excluding hydrogens is 615 g/mol. The Labute approximate surface area is 263 Å². The third-order valence-corrected chi connectivity index (χ3v) is 11.4. The Bertz CT molecular complexity index is 2030. The van der Waals surface area contributed by atoms with Crippen LogP contribution in [0, 0.1) is 33.1 Å². The van der Waals surface area contributed by atoms with Gasteiger partial charge in [0.25, 0.3) is 15.6 Å². The van der Waals surface area contributed by atoms with Crippen LogP contribution in [0.4, 0.5) is 0 Å². The number of hydrogen-bond acceptors (Lipinski definition) is 7. The van der Waals surface area contributed by atoms with Crippen LogP contribution in [0.2, 0.25) is 0 Å². The summed E-state index contributed by atoms with van der Waals surface area (Å²) in [6.07, 6.45) is 6.16. The second-order valence-electron chi connectivity index (χ2n) is 10.8. The third-order valence-electron chi connectivity index (χ3n) is 7.37. The summed E-state index contributed by atoms with van der Waals surface area (Å²) in [5.41, 5.74) is -0.540. The molecule has 5 rings (SSSR count). The van der Waals surface area contributed by atoms with Gasteiger partial charge in [-0.1, -0.05) is 59.5 Å². The van der Waals surface area contributed by atoms with Crippen molar-refractivity contribution in [2.75, 3.05) is 6.61 Å². The molecule has 1 N–H and O–H groups in total. The van der Waals surface area contributed by atoms with Crippen LogP contribution in [-0.2, 0) is 30.2 Å². The molecule has 45 heavy (non-hydrogen) atoms. The second kappa shape index (κ2) is 12.8. The first kappa shape index (κ1) is 31.8. The highest BCUT2D eigenvalue weighted by Gasteiger charge is 2.50. The number of H-pyrrole nitrogens is 1. The van der Waals surface area contributed by atoms with E-state index in [9.17, 15) is 22.8 Å². The van der Waals surface area contributed by atoms with Crippen molar-refractivity contribution in [2.24, 2.45) is 3.77 Å². The van der Waals surface area contributed by atoms with Gasteiger partial charge in [0.1, 0.15) is 6.61 Å². The van der Waals surface area contributed by atoms with Crippen molar-refractivity contribution in [3.63, 3.8) is 0 Å². The van der Waals surface area contributed by atoms with Gasteiger partial charge in [-0.2, -0.15) is 8.42 Å². The summed E-state index contributed by atoms with van der Waals surface area (Å²) in [5, 5.41) is -0.831. The molecular formula is C33H31N3O7S2. The average molecular weight is 646 g/mol. The summed E-state index contributed by atoms with van der Waals surface area (Å²) in [7, 11) is -5.68. The first-order valence-electron chi connectivity index (χ1n) is 14.0. The lowest BCUT2D eigenvalue weighted by molar-refractivity contribution is -0.0700. The molecule has 0 amide bonds. The molecule has 232 valence electrons. The Morgan fingerprint density at radius 3 is 2.29 bits per heavy atom. The maximum Gasteiger partial charge on any atom is 0.338 e. The van der Waals surface area contributed by atoms with Gasteiger partial charge in [0.15, 0.2) is 11.8 Å². The molecule has 2 heterocycles. The van der Waals surface area contributed by atoms with Crippen molar-refractivity contribution in [1.82, 2.24) is 9.55 Å². The van der Waals surface area contributed by atoms with Gasteiger partial charge in [-0.25, -0.2) is 9.59 Å². The topological polar surface area (TPSA) is 137 Å². The van der Waals surface area contributed by atoms with Gasteiger partial charge < -0.3 is 9.47 Å². The number of rotatable bonds is 8. The van der Waals surface area contributed by atoms with E-state index in [0.717, 1.165) is 11.1 Å². The molecule has 0 spiro atoms. The van der Waals surface area contributed by atoms with Crippen LogP contribution in [0.25, 0.3) is 0 Å². The SMILES string of the molecule is C#C[C@@]1(COC(=O)c2ccccc2)C[C@@H](S(=NS(=O)(=O)c2ccc(C)cc2)c2ccc(C)cc2)[C@H](n2cc(C)c(=O)[nH]c2=O)O1. The Hall–Kier alpha value is -4.57. The summed E-state index contributed by atoms with van der Waals surface area (Å²) in [4.78, 5) is 41.1. The number of ether oxygens (including phenoxy) is 2. The number of nitrogens with zero attached hydrogens (tertiary/aromatic N) is 2. The number of carbonyl (C=O) groups excluding carboxylic acids is 1. The van der Waals surface area contributed by atoms with Crippen molar-refractivity contribution in [3.8, 4) is 12.3 Å². The Kier molecular flexibility index (Phi) is 9.06. The summed E-state index contributed by atoms with van der Waals surface area (Å²) in [6, 6.07) is 21.9. The van der Waals surface area contributed by atoms with E-state index in [1.54, 1.807) is 54.6 Å². The number of aromatic nitrogens is 2. The van der Waals surface area contributed by atoms with Crippen molar-refractivity contribution in [2.45, 2.75) is 54.1 Å². The number of aryl methyl sites for hydroxylation is 3. The zero-order valence-corrected chi connectivity index (χ0v) is 26.4. The Morgan fingerprint density at radius 1 is 1.04 bits per heavy atom. The molecule has 0 bridgehead atoms. The van der Waals surface area contributed by atoms with E-state index >= 15 is 0 Å². The zero-order chi connectivity index (χ0) is 32.4. The fourth-order valence-corrected chi connectivity index (χ4v) is 8.91. The van der Waals surface area contributed by atoms with Gasteiger partial charge in [0.05, 0.1) is 15.7 Å². The molecule has 1 fully saturated rings. The number of carbonyl (C=O) groups is 1. The molecule has 3 aromatic carbocycles. The summed E-state index contributed by atoms with van der Waals surface area (Å²) >= 11 is 0. The highest BCUT2D eigenvalue weighted by atomic mass is 32.3. The average Bonchev–Trinajstić information content (AvgIpc) is 3.41. The number of nitrogens with one attached hydrogen (secondary N) is 1. The number of terminal acetylenes is 1. The van der Waals surface area contributed by atoms with Gasteiger partial charge in [0.2, 0.25) is 0 Å². The largest absolute Gasteiger partial charge is 0.458 e. The zero-order valence-electron chi connectivity index (χ0n) is 24.8. The Balaban J connectivity index is 1.65. The minimum absolute atomic E-state index is 0.00485. The van der Waals surface area contributed by atoms with Crippen molar-refractivity contribution >= 4 is 26.7 Å². The van der Waals surface area contributed by atoms with E-state index in [-0.39, 0.29) is 23.5 Å². The van der Waals surface area contributed by atoms with E-state index in [1.165, 1.54) is 29.8 Å². The van der Waals surface area contributed by atoms with Crippen molar-refractivity contribution in [3.05, 3.63) is 128 Å². The second-order valence-corrected chi connectivity index (χ2v) is 14.5. The fourth-order valence-electron chi connectivity index (χ4n) is 4.86. The molecule has 0 radical (unpaired) electrons. The van der Waals surface area contributed by atoms with Gasteiger partial charge >= 0.3 is 11.7 Å². The predicted molar refractivity (Wildman–Crippen MR) is 170 cm³/mol. The number of esters is 1. The van der Waals surface area contributed by atoms with E-state index in [2.05, 4.69) is 14.7 Å². The maximum atomic E-state index is 13.7. The van der Waals surface area contributed by atoms with Crippen LogP contribution >= 0.6 is 0 Å². The maximum absolute atomic E-state index is 13.7. The molecule has 0 aliphatic carbocycles. The first-order chi connectivity index (χ1) is 21.4. The molecule has 10 nitrogen and oxygen atoms in total. The molecule has 4 atom stereocenters. The smallest absolute Gasteiger partial charge is 0.338 e. The molecule has 0 saturated carbocycles. The number of sulfonamides is 1. The number of benzene rings is 3. The monoisotopic (exact) mass is 645 g/mol. The number of aromatic amines is 1. The lowest BCUT2D eigenvalue weighted by Gasteiger charge is -2.24. The van der Waals surface area contributed by atoms with Crippen LogP contribution in [-0.4, -0.2) is 41.4 Å². The van der Waals surface area contributed by atoms with Crippen LogP contribution in [0.15, 0.2) is 108 Å². The molecule has 12 heteroatoms. The lowest BCUT2D eigenvalue weighted by atomic mass is 10.0. The summed E-state index contributed by atoms with van der Waals surface area (Å²) < 4.78 is 45.1. The van der Waals surface area contributed by atoms with Gasteiger partial charge in [-0.3, -0.25) is 14.3 Å². The van der Waals surface area contributed by atoms with E-state index in [1.807, 2.05) is 26.0 Å². The quantitative estimate of drug-likeness (QED) is 0.224. The molecule has 4 aromatic rings. The van der Waals surface area contributed by atoms with Crippen molar-refractivity contribution < 1.29 is 22.7 Å². The predicted octanol–water partition coefficient (Wildman–Crippen LogP) is 4.23. The minimum Gasteiger partial charge on any atom is -0.458 e. The number of hydrogen-bond donors (Lipinski definition) is 1. The van der Waals surface area contributed by atoms with E-state index in [0.29, 0.717) is 10.5 Å². The van der Waals surface area contributed by atoms with Gasteiger partial charge in [-0.15, -0.1) is 10.2 Å². The first-order valence-corrected chi connectivity index (χ1v) is 16.6. The molecule has 1 aliphatic rings. The van der Waals surface area contributed by atoms with E-state index in [4.69, 9.17) is 15.9 Å². The lowest BCUT2D eigenvalue weighted by Crippen LogP contribution is -2.38. The summed E-state index contributed by atoms with van der Waals surface area (Å²) in [6.45, 7) is 4.90. The van der Waals surface area contributed by atoms with Crippen LogP contribution in [0.5, 0.6) is 0 Å². The normalized spacial score (nSPS) is 20.4. The molecule has 1 aliphatic heterocycles. The third kappa shape index (κ3) is 6.91. The standard InChI is InChI=1S/C33H31N3O7S2/c1-5-33(21-42-31(38)25-9-7-6-8-10-25)19-28(30(43-33)36-20-24(4)29(37)34-32(36)39)44(26-15-11-22(2)12-16-26)35-45(40,41)27-17-13-23(3)14-18-27/h1,6-18,20,28,30H,19,21H2,2-4H3,(H,34,37,39)/t28-,30-,33+,44?/m1/s1. The van der Waals surface area contributed by atoms with Crippen molar-refractivity contribution in [1.29, 1.82) is 0 Å². The molecule has 1 saturated heterocycles. The van der Waals surface area contributed by atoms with Gasteiger partial charge in [-0.05, 0) is 67.9 Å². The minimum atomic E-state index is -4.21. The van der Waals surface area contributed by atoms with Crippen LogP contribution in [0.3, 0.4) is 0 Å². The van der Waals surface area contributed by atoms with Crippen LogP contribution < -0.4 is 11.2 Å². The van der Waals surface area contributed by atoms with E-state index < -0.39 is 55.0 Å².